The minimum Gasteiger partial charge on any atom is -0.492 e. The van der Waals surface area contributed by atoms with Crippen LogP contribution in [0.3, 0.4) is 0 Å². The van der Waals surface area contributed by atoms with Crippen molar-refractivity contribution in [2.24, 2.45) is 11.8 Å². The Labute approximate surface area is 202 Å². The number of nitrogens with zero attached hydrogens (tertiary/aromatic N) is 1. The molecular formula is C29H23NO5. The number of hydrogen-bond donors (Lipinski definition) is 0. The van der Waals surface area contributed by atoms with Crippen molar-refractivity contribution in [3.05, 3.63) is 94.5 Å². The second kappa shape index (κ2) is 7.47. The molecule has 3 aromatic rings. The van der Waals surface area contributed by atoms with Gasteiger partial charge in [-0.3, -0.25) is 14.4 Å². The zero-order valence-electron chi connectivity index (χ0n) is 19.4. The van der Waals surface area contributed by atoms with Crippen LogP contribution in [-0.2, 0) is 19.8 Å². The van der Waals surface area contributed by atoms with E-state index >= 15 is 0 Å². The van der Waals surface area contributed by atoms with Crippen LogP contribution >= 0.6 is 0 Å². The third kappa shape index (κ3) is 2.59. The highest BCUT2D eigenvalue weighted by atomic mass is 16.5. The van der Waals surface area contributed by atoms with Crippen LogP contribution in [0.4, 0.5) is 5.69 Å². The van der Waals surface area contributed by atoms with Crippen LogP contribution in [0.1, 0.15) is 52.4 Å². The topological polar surface area (TPSA) is 80.8 Å². The summed E-state index contributed by atoms with van der Waals surface area (Å²) in [6.07, 6.45) is 0.849. The first-order valence-corrected chi connectivity index (χ1v) is 11.8. The van der Waals surface area contributed by atoms with Crippen molar-refractivity contribution in [1.82, 2.24) is 0 Å². The normalized spacial score (nSPS) is 25.7. The van der Waals surface area contributed by atoms with Crippen molar-refractivity contribution in [3.63, 3.8) is 0 Å². The average molecular weight is 466 g/mol. The number of ketones is 1. The maximum Gasteiger partial charge on any atom is 0.239 e. The van der Waals surface area contributed by atoms with Gasteiger partial charge in [-0.25, -0.2) is 4.90 Å². The molecule has 0 aromatic heterocycles. The van der Waals surface area contributed by atoms with Gasteiger partial charge in [0, 0.05) is 11.5 Å². The molecule has 7 rings (SSSR count). The summed E-state index contributed by atoms with van der Waals surface area (Å²) < 4.78 is 5.75. The van der Waals surface area contributed by atoms with Gasteiger partial charge in [0.1, 0.15) is 12.0 Å². The second-order valence-corrected chi connectivity index (χ2v) is 9.33. The van der Waals surface area contributed by atoms with Gasteiger partial charge < -0.3 is 9.53 Å². The predicted octanol–water partition coefficient (Wildman–Crippen LogP) is 4.04. The third-order valence-corrected chi connectivity index (χ3v) is 7.78. The summed E-state index contributed by atoms with van der Waals surface area (Å²) in [6, 6.07) is 20.0. The lowest BCUT2D eigenvalue weighted by molar-refractivity contribution is -0.128. The Bertz CT molecular complexity index is 1390. The first-order chi connectivity index (χ1) is 17.0. The summed E-state index contributed by atoms with van der Waals surface area (Å²) in [5.41, 5.74) is 2.74. The van der Waals surface area contributed by atoms with Crippen molar-refractivity contribution in [2.75, 3.05) is 11.5 Å². The molecule has 4 aliphatic rings. The Morgan fingerprint density at radius 2 is 1.60 bits per heavy atom. The Morgan fingerprint density at radius 1 is 0.971 bits per heavy atom. The molecule has 3 aromatic carbocycles. The smallest absolute Gasteiger partial charge is 0.239 e. The van der Waals surface area contributed by atoms with Crippen LogP contribution in [0, 0.1) is 11.8 Å². The highest BCUT2D eigenvalue weighted by Gasteiger charge is 2.68. The van der Waals surface area contributed by atoms with Crippen LogP contribution in [0.5, 0.6) is 5.75 Å². The summed E-state index contributed by atoms with van der Waals surface area (Å²) >= 11 is 0. The van der Waals surface area contributed by atoms with Crippen molar-refractivity contribution in [3.8, 4) is 5.75 Å². The molecule has 0 unspecified atom stereocenters. The molecule has 1 saturated heterocycles. The molecule has 2 bridgehead atoms. The Kier molecular flexibility index (Phi) is 4.58. The molecule has 0 radical (unpaired) electrons. The molecular weight excluding hydrogens is 442 g/mol. The summed E-state index contributed by atoms with van der Waals surface area (Å²) in [5, 5.41) is 0. The van der Waals surface area contributed by atoms with E-state index in [1.165, 1.54) is 13.0 Å². The standard InChI is InChI=1S/C29H23NO5/c1-3-35-23-13-12-17(16(2)32)14-22(23)30-27(33)25-24-18-8-4-6-10-20(18)29(15-31,26(25)28(30)34)21-11-7-5-9-19(21)24/h4-15,24-26H,3H2,1-2H3/t24?,25-,26+,29?/m0/s1. The Morgan fingerprint density at radius 3 is 2.17 bits per heavy atom. The SMILES string of the molecule is CCOc1ccc(C(C)=O)cc1N1C(=O)[C@H]2C3c4ccccc4C(C=O)(c4ccccc43)[C@H]2C1=O. The summed E-state index contributed by atoms with van der Waals surface area (Å²) in [6.45, 7) is 3.57. The Balaban J connectivity index is 1.61. The van der Waals surface area contributed by atoms with Crippen molar-refractivity contribution in [1.29, 1.82) is 0 Å². The lowest BCUT2D eigenvalue weighted by Crippen LogP contribution is -2.54. The molecule has 2 amide bonds. The highest BCUT2D eigenvalue weighted by Crippen LogP contribution is 2.63. The molecule has 35 heavy (non-hydrogen) atoms. The fourth-order valence-corrected chi connectivity index (χ4v) is 6.46. The summed E-state index contributed by atoms with van der Waals surface area (Å²) in [5.74, 6) is -2.60. The fourth-order valence-electron chi connectivity index (χ4n) is 6.46. The number of rotatable bonds is 5. The van der Waals surface area contributed by atoms with Gasteiger partial charge in [-0.15, -0.1) is 0 Å². The average Bonchev–Trinajstić information content (AvgIpc) is 3.15. The number of aldehydes is 1. The molecule has 0 saturated carbocycles. The van der Waals surface area contributed by atoms with Crippen LogP contribution in [0.2, 0.25) is 0 Å². The lowest BCUT2D eigenvalue weighted by Gasteiger charge is -2.51. The van der Waals surface area contributed by atoms with Gasteiger partial charge in [-0.05, 0) is 54.3 Å². The van der Waals surface area contributed by atoms with E-state index in [0.29, 0.717) is 17.9 Å². The number of ether oxygens (including phenoxy) is 1. The van der Waals surface area contributed by atoms with Gasteiger partial charge in [-0.1, -0.05) is 48.5 Å². The van der Waals surface area contributed by atoms with E-state index in [-0.39, 0.29) is 23.3 Å². The zero-order chi connectivity index (χ0) is 24.5. The molecule has 0 spiro atoms. The molecule has 6 nitrogen and oxygen atoms in total. The molecule has 6 heteroatoms. The fraction of sp³-hybridized carbons (Fsp3) is 0.241. The van der Waals surface area contributed by atoms with E-state index in [2.05, 4.69) is 0 Å². The second-order valence-electron chi connectivity index (χ2n) is 9.33. The number of carbonyl (C=O) groups is 4. The van der Waals surface area contributed by atoms with E-state index < -0.39 is 23.2 Å². The van der Waals surface area contributed by atoms with Crippen molar-refractivity contribution in [2.45, 2.75) is 25.2 Å². The zero-order valence-corrected chi connectivity index (χ0v) is 19.4. The minimum atomic E-state index is -1.27. The maximum atomic E-state index is 14.2. The van der Waals surface area contributed by atoms with Gasteiger partial charge in [0.25, 0.3) is 0 Å². The van der Waals surface area contributed by atoms with Crippen LogP contribution in [0.25, 0.3) is 0 Å². The molecule has 1 fully saturated rings. The lowest BCUT2D eigenvalue weighted by atomic mass is 9.48. The van der Waals surface area contributed by atoms with E-state index in [4.69, 9.17) is 4.74 Å². The Hall–Kier alpha value is -4.06. The number of imide groups is 1. The van der Waals surface area contributed by atoms with E-state index in [1.54, 1.807) is 12.1 Å². The van der Waals surface area contributed by atoms with Crippen LogP contribution < -0.4 is 9.64 Å². The largest absolute Gasteiger partial charge is 0.492 e. The monoisotopic (exact) mass is 465 g/mol. The van der Waals surface area contributed by atoms with Crippen LogP contribution in [0.15, 0.2) is 66.7 Å². The molecule has 0 N–H and O–H groups in total. The third-order valence-electron chi connectivity index (χ3n) is 7.78. The first-order valence-electron chi connectivity index (χ1n) is 11.8. The number of benzene rings is 3. The van der Waals surface area contributed by atoms with Crippen molar-refractivity contribution < 1.29 is 23.9 Å². The molecule has 3 aliphatic carbocycles. The molecule has 2 atom stereocenters. The van der Waals surface area contributed by atoms with Crippen LogP contribution in [-0.4, -0.2) is 30.5 Å². The number of amides is 2. The van der Waals surface area contributed by atoms with E-state index in [0.717, 1.165) is 33.4 Å². The first kappa shape index (κ1) is 21.5. The quantitative estimate of drug-likeness (QED) is 0.323. The predicted molar refractivity (Wildman–Crippen MR) is 129 cm³/mol. The van der Waals surface area contributed by atoms with E-state index in [9.17, 15) is 19.2 Å². The van der Waals surface area contributed by atoms with Gasteiger partial charge in [0.2, 0.25) is 11.8 Å². The molecule has 1 heterocycles. The summed E-state index contributed by atoms with van der Waals surface area (Å²) in [4.78, 5) is 54.6. The molecule has 1 aliphatic heterocycles. The number of Topliss-reactive ketones (excluding diaryl/α,β-unsaturated/α-hetero) is 1. The van der Waals surface area contributed by atoms with Gasteiger partial charge in [0.15, 0.2) is 5.78 Å². The van der Waals surface area contributed by atoms with E-state index in [1.807, 2.05) is 55.5 Å². The van der Waals surface area contributed by atoms with Crippen molar-refractivity contribution >= 4 is 29.6 Å². The van der Waals surface area contributed by atoms with Gasteiger partial charge in [-0.2, -0.15) is 0 Å². The minimum absolute atomic E-state index is 0.185. The van der Waals surface area contributed by atoms with Gasteiger partial charge >= 0.3 is 0 Å². The molecule has 174 valence electrons. The number of carbonyl (C=O) groups excluding carboxylic acids is 4. The number of anilines is 1. The highest BCUT2D eigenvalue weighted by molar-refractivity contribution is 6.25. The van der Waals surface area contributed by atoms with Gasteiger partial charge in [0.05, 0.1) is 29.5 Å². The number of hydrogen-bond acceptors (Lipinski definition) is 5. The summed E-state index contributed by atoms with van der Waals surface area (Å²) in [7, 11) is 0. The maximum absolute atomic E-state index is 14.2.